The molecule has 1 aliphatic heterocycles. The molecular formula is C20H26N4O3. The Morgan fingerprint density at radius 2 is 2.00 bits per heavy atom. The molecule has 0 unspecified atom stereocenters. The first-order chi connectivity index (χ1) is 13.1. The number of pyridine rings is 1. The number of piperidine rings is 1. The largest absolute Gasteiger partial charge is 0.497 e. The van der Waals surface area contributed by atoms with E-state index in [0.717, 1.165) is 37.2 Å². The lowest BCUT2D eigenvalue weighted by molar-refractivity contribution is 0.213. The van der Waals surface area contributed by atoms with Crippen LogP contribution in [0.3, 0.4) is 0 Å². The van der Waals surface area contributed by atoms with E-state index in [1.54, 1.807) is 25.4 Å². The zero-order chi connectivity index (χ0) is 19.1. The van der Waals surface area contributed by atoms with Gasteiger partial charge in [-0.25, -0.2) is 9.78 Å². The Balaban J connectivity index is 1.45. The topological polar surface area (TPSA) is 75.7 Å². The zero-order valence-electron chi connectivity index (χ0n) is 15.8. The van der Waals surface area contributed by atoms with Crippen molar-refractivity contribution in [3.05, 3.63) is 48.2 Å². The fourth-order valence-corrected chi connectivity index (χ4v) is 2.93. The summed E-state index contributed by atoms with van der Waals surface area (Å²) in [5.74, 6) is 1.87. The van der Waals surface area contributed by atoms with Crippen molar-refractivity contribution in [2.24, 2.45) is 0 Å². The molecular weight excluding hydrogens is 344 g/mol. The van der Waals surface area contributed by atoms with Crippen molar-refractivity contribution in [2.75, 3.05) is 27.2 Å². The molecule has 27 heavy (non-hydrogen) atoms. The quantitative estimate of drug-likeness (QED) is 0.818. The van der Waals surface area contributed by atoms with Crippen LogP contribution in [0.25, 0.3) is 0 Å². The van der Waals surface area contributed by atoms with Gasteiger partial charge in [-0.15, -0.1) is 0 Å². The van der Waals surface area contributed by atoms with Gasteiger partial charge in [-0.3, -0.25) is 0 Å². The molecule has 7 nitrogen and oxygen atoms in total. The standard InChI is InChI=1S/C20H26N4O3/c1-24-10-8-16(9-11-24)23-20(25)22-14-15-6-7-19(21-13-15)27-18-5-3-4-17(12-18)26-2/h3-7,12-13,16H,8-11,14H2,1-2H3,(H2,22,23,25). The molecule has 0 bridgehead atoms. The van der Waals surface area contributed by atoms with Crippen LogP contribution in [0.15, 0.2) is 42.6 Å². The molecule has 0 spiro atoms. The Hall–Kier alpha value is -2.80. The molecule has 2 heterocycles. The normalized spacial score (nSPS) is 15.2. The maximum atomic E-state index is 12.0. The van der Waals surface area contributed by atoms with E-state index < -0.39 is 0 Å². The van der Waals surface area contributed by atoms with Crippen LogP contribution in [-0.4, -0.2) is 49.2 Å². The van der Waals surface area contributed by atoms with E-state index in [4.69, 9.17) is 9.47 Å². The SMILES string of the molecule is COc1cccc(Oc2ccc(CNC(=O)NC3CCN(C)CC3)cn2)c1. The second-order valence-corrected chi connectivity index (χ2v) is 6.69. The van der Waals surface area contributed by atoms with Crippen LogP contribution < -0.4 is 20.1 Å². The molecule has 1 aliphatic rings. The molecule has 1 saturated heterocycles. The number of hydrogen-bond acceptors (Lipinski definition) is 5. The Bertz CT molecular complexity index is 743. The van der Waals surface area contributed by atoms with Crippen LogP contribution in [0.1, 0.15) is 18.4 Å². The fraction of sp³-hybridized carbons (Fsp3) is 0.400. The molecule has 0 atom stereocenters. The molecule has 1 aromatic heterocycles. The molecule has 0 aliphatic carbocycles. The lowest BCUT2D eigenvalue weighted by atomic mass is 10.1. The van der Waals surface area contributed by atoms with E-state index in [9.17, 15) is 4.79 Å². The number of carbonyl (C=O) groups is 1. The molecule has 1 fully saturated rings. The van der Waals surface area contributed by atoms with Gasteiger partial charge in [0.2, 0.25) is 5.88 Å². The van der Waals surface area contributed by atoms with Gasteiger partial charge in [0.25, 0.3) is 0 Å². The van der Waals surface area contributed by atoms with E-state index in [2.05, 4.69) is 27.6 Å². The number of benzene rings is 1. The minimum absolute atomic E-state index is 0.138. The molecule has 2 amide bonds. The maximum Gasteiger partial charge on any atom is 0.315 e. The third-order valence-electron chi connectivity index (χ3n) is 4.57. The fourth-order valence-electron chi connectivity index (χ4n) is 2.93. The van der Waals surface area contributed by atoms with Crippen LogP contribution in [-0.2, 0) is 6.54 Å². The summed E-state index contributed by atoms with van der Waals surface area (Å²) in [5, 5.41) is 5.91. The molecule has 0 radical (unpaired) electrons. The van der Waals surface area contributed by atoms with E-state index in [1.165, 1.54) is 0 Å². The number of nitrogens with zero attached hydrogens (tertiary/aromatic N) is 2. The molecule has 144 valence electrons. The van der Waals surface area contributed by atoms with Crippen LogP contribution in [0, 0.1) is 0 Å². The van der Waals surface area contributed by atoms with Crippen molar-refractivity contribution >= 4 is 6.03 Å². The summed E-state index contributed by atoms with van der Waals surface area (Å²) >= 11 is 0. The van der Waals surface area contributed by atoms with Gasteiger partial charge in [-0.1, -0.05) is 12.1 Å². The van der Waals surface area contributed by atoms with Crippen LogP contribution in [0.2, 0.25) is 0 Å². The Morgan fingerprint density at radius 1 is 1.22 bits per heavy atom. The monoisotopic (exact) mass is 370 g/mol. The number of amides is 2. The van der Waals surface area contributed by atoms with Gasteiger partial charge in [-0.2, -0.15) is 0 Å². The highest BCUT2D eigenvalue weighted by molar-refractivity contribution is 5.74. The number of ether oxygens (including phenoxy) is 2. The minimum atomic E-state index is -0.138. The molecule has 7 heteroatoms. The highest BCUT2D eigenvalue weighted by Crippen LogP contribution is 2.23. The number of rotatable bonds is 6. The lowest BCUT2D eigenvalue weighted by Gasteiger charge is -2.29. The highest BCUT2D eigenvalue weighted by atomic mass is 16.5. The molecule has 1 aromatic carbocycles. The third-order valence-corrected chi connectivity index (χ3v) is 4.57. The van der Waals surface area contributed by atoms with E-state index in [1.807, 2.05) is 24.3 Å². The van der Waals surface area contributed by atoms with Gasteiger partial charge in [-0.05, 0) is 50.7 Å². The number of likely N-dealkylation sites (tertiary alicyclic amines) is 1. The summed E-state index contributed by atoms with van der Waals surface area (Å²) in [6.45, 7) is 2.46. The van der Waals surface area contributed by atoms with Gasteiger partial charge >= 0.3 is 6.03 Å². The number of methoxy groups -OCH3 is 1. The smallest absolute Gasteiger partial charge is 0.315 e. The molecule has 2 aromatic rings. The number of urea groups is 1. The van der Waals surface area contributed by atoms with Crippen LogP contribution in [0.5, 0.6) is 17.4 Å². The van der Waals surface area contributed by atoms with Crippen molar-refractivity contribution in [1.82, 2.24) is 20.5 Å². The first-order valence-corrected chi connectivity index (χ1v) is 9.12. The summed E-state index contributed by atoms with van der Waals surface area (Å²) in [6, 6.07) is 11.1. The van der Waals surface area contributed by atoms with Crippen LogP contribution >= 0.6 is 0 Å². The Kier molecular flexibility index (Phi) is 6.49. The van der Waals surface area contributed by atoms with Crippen molar-refractivity contribution < 1.29 is 14.3 Å². The predicted molar refractivity (Wildman–Crippen MR) is 103 cm³/mol. The van der Waals surface area contributed by atoms with Crippen molar-refractivity contribution in [3.63, 3.8) is 0 Å². The van der Waals surface area contributed by atoms with E-state index >= 15 is 0 Å². The second-order valence-electron chi connectivity index (χ2n) is 6.69. The average molecular weight is 370 g/mol. The summed E-state index contributed by atoms with van der Waals surface area (Å²) in [6.07, 6.45) is 3.68. The van der Waals surface area contributed by atoms with E-state index in [0.29, 0.717) is 18.2 Å². The lowest BCUT2D eigenvalue weighted by Crippen LogP contribution is -2.46. The van der Waals surface area contributed by atoms with Crippen LogP contribution in [0.4, 0.5) is 4.79 Å². The summed E-state index contributed by atoms with van der Waals surface area (Å²) in [5.41, 5.74) is 0.909. The van der Waals surface area contributed by atoms with Gasteiger partial charge in [0.15, 0.2) is 0 Å². The van der Waals surface area contributed by atoms with Crippen molar-refractivity contribution in [2.45, 2.75) is 25.4 Å². The number of nitrogens with one attached hydrogen (secondary N) is 2. The van der Waals surface area contributed by atoms with E-state index in [-0.39, 0.29) is 12.1 Å². The Labute approximate surface area is 159 Å². The van der Waals surface area contributed by atoms with Crippen molar-refractivity contribution in [1.29, 1.82) is 0 Å². The zero-order valence-corrected chi connectivity index (χ0v) is 15.8. The summed E-state index contributed by atoms with van der Waals surface area (Å²) in [4.78, 5) is 18.6. The summed E-state index contributed by atoms with van der Waals surface area (Å²) in [7, 11) is 3.72. The second kappa shape index (κ2) is 9.23. The van der Waals surface area contributed by atoms with Gasteiger partial charge in [0.05, 0.1) is 7.11 Å². The van der Waals surface area contributed by atoms with Gasteiger partial charge in [0, 0.05) is 30.9 Å². The Morgan fingerprint density at radius 3 is 2.70 bits per heavy atom. The summed E-state index contributed by atoms with van der Waals surface area (Å²) < 4.78 is 10.9. The molecule has 2 N–H and O–H groups in total. The first-order valence-electron chi connectivity index (χ1n) is 9.12. The average Bonchev–Trinajstić information content (AvgIpc) is 2.69. The highest BCUT2D eigenvalue weighted by Gasteiger charge is 2.18. The maximum absolute atomic E-state index is 12.0. The number of hydrogen-bond donors (Lipinski definition) is 2. The predicted octanol–water partition coefficient (Wildman–Crippen LogP) is 2.78. The number of aromatic nitrogens is 1. The van der Waals surface area contributed by atoms with Gasteiger partial charge in [0.1, 0.15) is 11.5 Å². The minimum Gasteiger partial charge on any atom is -0.497 e. The van der Waals surface area contributed by atoms with Gasteiger partial charge < -0.3 is 25.0 Å². The number of carbonyl (C=O) groups excluding carboxylic acids is 1. The molecule has 0 saturated carbocycles. The molecule has 3 rings (SSSR count). The third kappa shape index (κ3) is 5.86. The first kappa shape index (κ1) is 19.0. The van der Waals surface area contributed by atoms with Crippen molar-refractivity contribution in [3.8, 4) is 17.4 Å².